The highest BCUT2D eigenvalue weighted by Crippen LogP contribution is 2.30. The van der Waals surface area contributed by atoms with Crippen LogP contribution in [0.4, 0.5) is 11.4 Å². The predicted octanol–water partition coefficient (Wildman–Crippen LogP) is 3.76. The number of ether oxygens (including phenoxy) is 1. The van der Waals surface area contributed by atoms with Crippen LogP contribution in [0.5, 0.6) is 0 Å². The minimum Gasteiger partial charge on any atom is -0.388 e. The van der Waals surface area contributed by atoms with Gasteiger partial charge in [0.25, 0.3) is 5.91 Å². The maximum absolute atomic E-state index is 11.7. The van der Waals surface area contributed by atoms with Gasteiger partial charge in [-0.05, 0) is 55.0 Å². The molecule has 6 nitrogen and oxygen atoms in total. The molecular weight excluding hydrogens is 454 g/mol. The number of aldehydes is 1. The van der Waals surface area contributed by atoms with Gasteiger partial charge in [0.2, 0.25) is 0 Å². The summed E-state index contributed by atoms with van der Waals surface area (Å²) in [5, 5.41) is 6.34. The second kappa shape index (κ2) is 11.4. The molecule has 1 aromatic carbocycles. The second-order valence-electron chi connectivity index (χ2n) is 7.84. The van der Waals surface area contributed by atoms with Crippen LogP contribution in [0, 0.1) is 19.3 Å². The average molecular weight is 484 g/mol. The zero-order valence-electron chi connectivity index (χ0n) is 19.0. The molecule has 2 aliphatic rings. The van der Waals surface area contributed by atoms with E-state index in [1.165, 1.54) is 11.3 Å². The number of rotatable bonds is 6. The van der Waals surface area contributed by atoms with E-state index in [9.17, 15) is 9.59 Å². The van der Waals surface area contributed by atoms with Crippen molar-refractivity contribution in [2.75, 3.05) is 48.5 Å². The molecule has 33 heavy (non-hydrogen) atoms. The van der Waals surface area contributed by atoms with Crippen molar-refractivity contribution in [3.05, 3.63) is 52.2 Å². The number of aryl methyl sites for hydroxylation is 1. The van der Waals surface area contributed by atoms with E-state index in [0.717, 1.165) is 56.6 Å². The molecule has 1 unspecified atom stereocenters. The van der Waals surface area contributed by atoms with Gasteiger partial charge in [-0.1, -0.05) is 12.5 Å². The number of thioether (sulfide) groups is 1. The Balaban J connectivity index is 0.000000186. The molecule has 0 aliphatic carbocycles. The van der Waals surface area contributed by atoms with Crippen molar-refractivity contribution in [2.45, 2.75) is 18.9 Å². The molecule has 1 atom stereocenters. The zero-order valence-corrected chi connectivity index (χ0v) is 20.6. The molecule has 2 aromatic rings. The normalized spacial score (nSPS) is 19.8. The number of nitrogens with zero attached hydrogens (tertiary/aromatic N) is 1. The Labute approximate surface area is 203 Å². The van der Waals surface area contributed by atoms with Gasteiger partial charge in [0.1, 0.15) is 18.4 Å². The lowest BCUT2D eigenvalue weighted by molar-refractivity contribution is -0.125. The molecule has 4 rings (SSSR count). The van der Waals surface area contributed by atoms with Gasteiger partial charge in [-0.15, -0.1) is 17.8 Å². The molecule has 0 radical (unpaired) electrons. The number of hydrogen-bond acceptors (Lipinski definition) is 7. The summed E-state index contributed by atoms with van der Waals surface area (Å²) >= 11 is 3.30. The fraction of sp³-hybridized carbons (Fsp3) is 0.360. The van der Waals surface area contributed by atoms with Crippen molar-refractivity contribution in [1.82, 2.24) is 5.32 Å². The van der Waals surface area contributed by atoms with Crippen LogP contribution >= 0.6 is 23.1 Å². The number of carbonyl (C=O) groups is 2. The van der Waals surface area contributed by atoms with Crippen LogP contribution in [0.25, 0.3) is 5.70 Å². The summed E-state index contributed by atoms with van der Waals surface area (Å²) in [4.78, 5) is 26.6. The van der Waals surface area contributed by atoms with E-state index >= 15 is 0 Å². The van der Waals surface area contributed by atoms with Gasteiger partial charge in [-0.2, -0.15) is 11.8 Å². The van der Waals surface area contributed by atoms with E-state index < -0.39 is 5.54 Å². The molecule has 1 amide bonds. The summed E-state index contributed by atoms with van der Waals surface area (Å²) in [5.41, 5.74) is 3.48. The van der Waals surface area contributed by atoms with Crippen LogP contribution < -0.4 is 15.5 Å². The van der Waals surface area contributed by atoms with Crippen LogP contribution in [0.1, 0.15) is 21.7 Å². The molecule has 2 fully saturated rings. The van der Waals surface area contributed by atoms with Crippen molar-refractivity contribution in [3.8, 4) is 12.3 Å². The van der Waals surface area contributed by atoms with Crippen molar-refractivity contribution in [1.29, 1.82) is 0 Å². The number of carbonyl (C=O) groups excluding carboxylic acids is 2. The quantitative estimate of drug-likeness (QED) is 0.482. The first kappa shape index (κ1) is 24.9. The summed E-state index contributed by atoms with van der Waals surface area (Å²) in [6, 6.07) is 9.83. The van der Waals surface area contributed by atoms with E-state index in [0.29, 0.717) is 13.2 Å². The molecule has 0 bridgehead atoms. The first-order valence-electron chi connectivity index (χ1n) is 10.7. The van der Waals surface area contributed by atoms with Gasteiger partial charge in [0.15, 0.2) is 0 Å². The van der Waals surface area contributed by atoms with Gasteiger partial charge in [0.05, 0.1) is 16.4 Å². The van der Waals surface area contributed by atoms with E-state index in [-0.39, 0.29) is 12.5 Å². The van der Waals surface area contributed by atoms with Gasteiger partial charge < -0.3 is 25.1 Å². The molecule has 1 aromatic heterocycles. The Morgan fingerprint density at radius 3 is 2.76 bits per heavy atom. The summed E-state index contributed by atoms with van der Waals surface area (Å²) in [6.07, 6.45) is 7.19. The Kier molecular flexibility index (Phi) is 8.61. The van der Waals surface area contributed by atoms with E-state index in [1.807, 2.05) is 44.3 Å². The average Bonchev–Trinajstić information content (AvgIpc) is 3.50. The molecule has 0 saturated carbocycles. The Morgan fingerprint density at radius 1 is 1.36 bits per heavy atom. The third-order valence-corrected chi connectivity index (χ3v) is 7.77. The summed E-state index contributed by atoms with van der Waals surface area (Å²) < 4.78 is 5.11. The maximum Gasteiger partial charge on any atom is 0.253 e. The predicted molar refractivity (Wildman–Crippen MR) is 139 cm³/mol. The van der Waals surface area contributed by atoms with Crippen LogP contribution in [0.2, 0.25) is 0 Å². The van der Waals surface area contributed by atoms with Crippen molar-refractivity contribution >= 4 is 52.4 Å². The van der Waals surface area contributed by atoms with Crippen LogP contribution in [-0.4, -0.2) is 56.0 Å². The molecular formula is C25H29N3O3S2. The summed E-state index contributed by atoms with van der Waals surface area (Å²) in [5.74, 6) is 4.45. The number of terminal acetylenes is 1. The largest absolute Gasteiger partial charge is 0.388 e. The SMILES string of the molecule is C#Cc1ccc(C(=C)NC2(C=O)CCSC2)s1.CNc1ccc(N2CCOCC2=O)c(C)c1. The minimum absolute atomic E-state index is 0.0338. The highest BCUT2D eigenvalue weighted by molar-refractivity contribution is 7.99. The van der Waals surface area contributed by atoms with Crippen molar-refractivity contribution in [2.24, 2.45) is 0 Å². The molecule has 2 N–H and O–H groups in total. The number of thiophene rings is 1. The van der Waals surface area contributed by atoms with E-state index in [1.54, 1.807) is 16.7 Å². The highest BCUT2D eigenvalue weighted by Gasteiger charge is 2.34. The monoisotopic (exact) mass is 483 g/mol. The lowest BCUT2D eigenvalue weighted by atomic mass is 10.0. The lowest BCUT2D eigenvalue weighted by Gasteiger charge is -2.28. The van der Waals surface area contributed by atoms with E-state index in [2.05, 4.69) is 23.1 Å². The summed E-state index contributed by atoms with van der Waals surface area (Å²) in [6.45, 7) is 7.44. The highest BCUT2D eigenvalue weighted by atomic mass is 32.2. The van der Waals surface area contributed by atoms with Gasteiger partial charge in [0, 0.05) is 36.4 Å². The van der Waals surface area contributed by atoms with Crippen LogP contribution in [0.15, 0.2) is 36.9 Å². The fourth-order valence-corrected chi connectivity index (χ4v) is 5.67. The number of anilines is 2. The maximum atomic E-state index is 11.7. The Bertz CT molecular complexity index is 1050. The molecule has 2 saturated heterocycles. The Morgan fingerprint density at radius 2 is 2.18 bits per heavy atom. The first-order chi connectivity index (χ1) is 15.9. The van der Waals surface area contributed by atoms with Gasteiger partial charge >= 0.3 is 0 Å². The third kappa shape index (κ3) is 6.20. The number of nitrogens with one attached hydrogen (secondary N) is 2. The third-order valence-electron chi connectivity index (χ3n) is 5.49. The molecule has 0 spiro atoms. The first-order valence-corrected chi connectivity index (χ1v) is 12.6. The standard InChI is InChI=1S/C13H13NOS2.C12H16N2O2/c1-3-11-4-5-12(17-11)10(2)14-13(8-15)6-7-16-9-13;1-9-7-10(13-2)3-4-11(9)14-5-6-16-8-12(14)15/h1,4-5,8,14H,2,6-7,9H2;3-4,7,13H,5-6,8H2,1-2H3. The number of amides is 1. The molecule has 3 heterocycles. The van der Waals surface area contributed by atoms with Crippen LogP contribution in [-0.2, 0) is 14.3 Å². The second-order valence-corrected chi connectivity index (χ2v) is 10.0. The fourth-order valence-electron chi connectivity index (χ4n) is 3.63. The number of morpholine rings is 1. The molecule has 174 valence electrons. The van der Waals surface area contributed by atoms with Crippen molar-refractivity contribution < 1.29 is 14.3 Å². The van der Waals surface area contributed by atoms with E-state index in [4.69, 9.17) is 11.2 Å². The Hall–Kier alpha value is -2.73. The smallest absolute Gasteiger partial charge is 0.253 e. The van der Waals surface area contributed by atoms with Gasteiger partial charge in [-0.25, -0.2) is 0 Å². The number of hydrogen-bond donors (Lipinski definition) is 2. The molecule has 2 aliphatic heterocycles. The van der Waals surface area contributed by atoms with Crippen molar-refractivity contribution in [3.63, 3.8) is 0 Å². The van der Waals surface area contributed by atoms with Crippen LogP contribution in [0.3, 0.4) is 0 Å². The van der Waals surface area contributed by atoms with Gasteiger partial charge in [-0.3, -0.25) is 4.79 Å². The summed E-state index contributed by atoms with van der Waals surface area (Å²) in [7, 11) is 1.88. The lowest BCUT2D eigenvalue weighted by Crippen LogP contribution is -2.45. The number of benzene rings is 1. The topological polar surface area (TPSA) is 70.7 Å². The molecule has 8 heteroatoms. The zero-order chi connectivity index (χ0) is 23.8. The minimum atomic E-state index is -0.442.